The first-order valence-corrected chi connectivity index (χ1v) is 20.9. The maximum absolute atomic E-state index is 13.9. The smallest absolute Gasteiger partial charge is 0.245 e. The number of nitrogens with one attached hydrogen (secondary N) is 1. The fraction of sp³-hybridized carbons (Fsp3) is 0.320. The Bertz CT molecular complexity index is 2360. The van der Waals surface area contributed by atoms with Gasteiger partial charge >= 0.3 is 0 Å². The number of likely N-dealkylation sites (tertiary alicyclic amines) is 2. The number of aliphatic imine (C=N–C) groups is 1. The number of nitrogens with zero attached hydrogens (tertiary/aromatic N) is 6. The molecule has 0 radical (unpaired) electrons. The molecular formula is C50H55N7O2. The molecule has 9 heteroatoms. The molecule has 0 aliphatic carbocycles. The number of imidazole rings is 1. The lowest BCUT2D eigenvalue weighted by atomic mass is 9.97. The highest BCUT2D eigenvalue weighted by atomic mass is 16.2. The van der Waals surface area contributed by atoms with E-state index in [1.165, 1.54) is 11.1 Å². The van der Waals surface area contributed by atoms with Crippen LogP contribution in [-0.2, 0) is 9.59 Å². The molecule has 2 amide bonds. The first kappa shape index (κ1) is 39.9. The predicted molar refractivity (Wildman–Crippen MR) is 238 cm³/mol. The van der Waals surface area contributed by atoms with Crippen LogP contribution in [0.15, 0.2) is 121 Å². The summed E-state index contributed by atoms with van der Waals surface area (Å²) in [6.07, 6.45) is 12.7. The van der Waals surface area contributed by atoms with Crippen molar-refractivity contribution < 1.29 is 9.59 Å². The summed E-state index contributed by atoms with van der Waals surface area (Å²) in [7, 11) is 7.88. The van der Waals surface area contributed by atoms with E-state index >= 15 is 0 Å². The third kappa shape index (κ3) is 8.49. The lowest BCUT2D eigenvalue weighted by Gasteiger charge is -2.32. The Balaban J connectivity index is 0.885. The lowest BCUT2D eigenvalue weighted by molar-refractivity contribution is -0.137. The number of aromatic nitrogens is 2. The molecule has 3 aliphatic rings. The standard InChI is InChI=1S/C50H55N7O2/c1-34-30-40(43-33-52-48(53-43)45-19-13-29-57(45)50(59)47(55(4)5)39-16-10-7-11-17-39)27-26-36(34)23-20-35-21-24-37(25-22-35)41-31-42(51-32-41)44-18-12-28-56(44)49(58)46(54(2)3)38-14-8-6-9-15-38/h6-11,14-17,20-27,30,32-33,44-47H,12-13,18-19,28-29,31H2,1-5H3,(H,52,53)/b23-20+/t44-,45-,46+,47+/m0/s1. The molecule has 0 spiro atoms. The molecule has 302 valence electrons. The highest BCUT2D eigenvalue weighted by Crippen LogP contribution is 2.36. The van der Waals surface area contributed by atoms with Gasteiger partial charge in [0.1, 0.15) is 17.9 Å². The minimum absolute atomic E-state index is 0.0317. The fourth-order valence-electron chi connectivity index (χ4n) is 9.10. The second-order valence-corrected chi connectivity index (χ2v) is 16.6. The largest absolute Gasteiger partial charge is 0.340 e. The van der Waals surface area contributed by atoms with Crippen molar-refractivity contribution in [2.75, 3.05) is 41.3 Å². The molecule has 3 aliphatic heterocycles. The molecule has 1 N–H and O–H groups in total. The molecule has 9 nitrogen and oxygen atoms in total. The van der Waals surface area contributed by atoms with Crippen molar-refractivity contribution in [2.24, 2.45) is 4.99 Å². The van der Waals surface area contributed by atoms with Gasteiger partial charge in [0.2, 0.25) is 11.8 Å². The average molecular weight is 786 g/mol. The zero-order chi connectivity index (χ0) is 41.0. The van der Waals surface area contributed by atoms with Crippen LogP contribution in [0.2, 0.25) is 0 Å². The maximum atomic E-state index is 13.9. The van der Waals surface area contributed by atoms with Crippen molar-refractivity contribution >= 4 is 35.3 Å². The van der Waals surface area contributed by atoms with E-state index in [1.54, 1.807) is 0 Å². The van der Waals surface area contributed by atoms with Gasteiger partial charge in [-0.25, -0.2) is 4.98 Å². The molecule has 5 aromatic rings. The van der Waals surface area contributed by atoms with E-state index in [-0.39, 0.29) is 36.0 Å². The monoisotopic (exact) mass is 785 g/mol. The number of amides is 2. The van der Waals surface area contributed by atoms with Crippen molar-refractivity contribution in [3.8, 4) is 11.3 Å². The highest BCUT2D eigenvalue weighted by Gasteiger charge is 2.39. The molecule has 59 heavy (non-hydrogen) atoms. The van der Waals surface area contributed by atoms with Crippen LogP contribution < -0.4 is 0 Å². The van der Waals surface area contributed by atoms with Crippen LogP contribution in [-0.4, -0.2) is 94.4 Å². The Hall–Kier alpha value is -5.90. The van der Waals surface area contributed by atoms with Crippen LogP contribution in [0.3, 0.4) is 0 Å². The molecule has 2 saturated heterocycles. The summed E-state index contributed by atoms with van der Waals surface area (Å²) in [5.74, 6) is 1.10. The van der Waals surface area contributed by atoms with Gasteiger partial charge in [-0.2, -0.15) is 0 Å². The van der Waals surface area contributed by atoms with Crippen molar-refractivity contribution in [1.82, 2.24) is 29.6 Å². The number of likely N-dealkylation sites (N-methyl/N-ethyl adjacent to an activating group) is 2. The Morgan fingerprint density at radius 3 is 1.90 bits per heavy atom. The summed E-state index contributed by atoms with van der Waals surface area (Å²) in [6.45, 7) is 3.62. The molecule has 0 unspecified atom stereocenters. The van der Waals surface area contributed by atoms with E-state index in [2.05, 4.69) is 71.4 Å². The number of rotatable bonds is 12. The lowest BCUT2D eigenvalue weighted by Crippen LogP contribution is -2.45. The molecule has 0 saturated carbocycles. The second kappa shape index (κ2) is 17.5. The summed E-state index contributed by atoms with van der Waals surface area (Å²) < 4.78 is 0. The molecular weight excluding hydrogens is 731 g/mol. The SMILES string of the molecule is Cc1cc(-c2cnc([C@@H]3CCCN3C(=O)[C@@H](c3ccccc3)N(C)C)[nH]2)ccc1/C=C/c1ccc(C2=CN=C([C@@H]3CCCN3C(=O)[C@@H](c3ccccc3)N(C)C)C2)cc1. The fourth-order valence-corrected chi connectivity index (χ4v) is 9.10. The quantitative estimate of drug-likeness (QED) is 0.128. The minimum atomic E-state index is -0.338. The number of H-pyrrole nitrogens is 1. The Morgan fingerprint density at radius 2 is 1.31 bits per heavy atom. The molecule has 4 aromatic carbocycles. The van der Waals surface area contributed by atoms with Crippen molar-refractivity contribution in [1.29, 1.82) is 0 Å². The Labute approximate surface area is 348 Å². The van der Waals surface area contributed by atoms with Gasteiger partial charge in [0.05, 0.1) is 24.0 Å². The van der Waals surface area contributed by atoms with E-state index in [4.69, 9.17) is 9.98 Å². The van der Waals surface area contributed by atoms with E-state index < -0.39 is 0 Å². The molecule has 2 fully saturated rings. The second-order valence-electron chi connectivity index (χ2n) is 16.6. The van der Waals surface area contributed by atoms with Gasteiger partial charge in [0, 0.05) is 31.4 Å². The van der Waals surface area contributed by atoms with Crippen LogP contribution >= 0.6 is 0 Å². The maximum Gasteiger partial charge on any atom is 0.245 e. The zero-order valence-electron chi connectivity index (χ0n) is 34.9. The molecule has 4 atom stereocenters. The third-order valence-electron chi connectivity index (χ3n) is 12.2. The van der Waals surface area contributed by atoms with Gasteiger partial charge in [-0.15, -0.1) is 0 Å². The Morgan fingerprint density at radius 1 is 0.729 bits per heavy atom. The summed E-state index contributed by atoms with van der Waals surface area (Å²) in [4.78, 5) is 49.2. The first-order valence-electron chi connectivity index (χ1n) is 20.9. The number of hydrogen-bond donors (Lipinski definition) is 1. The molecule has 0 bridgehead atoms. The van der Waals surface area contributed by atoms with E-state index in [0.29, 0.717) is 0 Å². The van der Waals surface area contributed by atoms with Gasteiger partial charge in [0.25, 0.3) is 0 Å². The van der Waals surface area contributed by atoms with Crippen molar-refractivity contribution in [3.63, 3.8) is 0 Å². The van der Waals surface area contributed by atoms with Gasteiger partial charge in [-0.05, 0) is 111 Å². The van der Waals surface area contributed by atoms with E-state index in [1.807, 2.05) is 116 Å². The van der Waals surface area contributed by atoms with Gasteiger partial charge in [-0.3, -0.25) is 24.4 Å². The number of aryl methyl sites for hydroxylation is 1. The zero-order valence-corrected chi connectivity index (χ0v) is 34.9. The molecule has 4 heterocycles. The van der Waals surface area contributed by atoms with Gasteiger partial charge in [0.15, 0.2) is 0 Å². The van der Waals surface area contributed by atoms with Crippen molar-refractivity contribution in [2.45, 2.75) is 63.2 Å². The molecule has 1 aromatic heterocycles. The summed E-state index contributed by atoms with van der Waals surface area (Å²) in [6, 6.07) is 34.5. The number of carbonyl (C=O) groups excluding carboxylic acids is 2. The normalized spacial score (nSPS) is 19.2. The van der Waals surface area contributed by atoms with Crippen LogP contribution in [0.1, 0.15) is 89.4 Å². The van der Waals surface area contributed by atoms with Crippen molar-refractivity contribution in [3.05, 3.63) is 155 Å². The number of hydrogen-bond acceptors (Lipinski definition) is 6. The minimum Gasteiger partial charge on any atom is -0.340 e. The van der Waals surface area contributed by atoms with Crippen LogP contribution in [0.4, 0.5) is 0 Å². The number of carbonyl (C=O) groups is 2. The summed E-state index contributed by atoms with van der Waals surface area (Å²) in [5.41, 5.74) is 10.9. The average Bonchev–Trinajstić information content (AvgIpc) is 4.08. The number of aromatic amines is 1. The molecule has 8 rings (SSSR count). The Kier molecular flexibility index (Phi) is 11.9. The summed E-state index contributed by atoms with van der Waals surface area (Å²) >= 11 is 0. The highest BCUT2D eigenvalue weighted by molar-refractivity contribution is 6.03. The van der Waals surface area contributed by atoms with E-state index in [0.717, 1.165) is 95.8 Å². The third-order valence-corrected chi connectivity index (χ3v) is 12.2. The van der Waals surface area contributed by atoms with Gasteiger partial charge in [-0.1, -0.05) is 109 Å². The van der Waals surface area contributed by atoms with Crippen LogP contribution in [0.25, 0.3) is 29.0 Å². The topological polar surface area (TPSA) is 88.1 Å². The first-order chi connectivity index (χ1) is 28.7. The summed E-state index contributed by atoms with van der Waals surface area (Å²) in [5, 5.41) is 0. The van der Waals surface area contributed by atoms with Gasteiger partial charge < -0.3 is 14.8 Å². The number of benzene rings is 4. The number of allylic oxidation sites excluding steroid dienone is 1. The van der Waals surface area contributed by atoms with E-state index in [9.17, 15) is 9.59 Å². The van der Waals surface area contributed by atoms with Crippen LogP contribution in [0, 0.1) is 6.92 Å². The van der Waals surface area contributed by atoms with Crippen LogP contribution in [0.5, 0.6) is 0 Å². The predicted octanol–water partition coefficient (Wildman–Crippen LogP) is 9.00.